The second-order valence-electron chi connectivity index (χ2n) is 4.37. The molecule has 0 aliphatic heterocycles. The highest BCUT2D eigenvalue weighted by Crippen LogP contribution is 2.27. The molecule has 0 atom stereocenters. The molecule has 0 spiro atoms. The molecule has 1 fully saturated rings. The maximum atomic E-state index is 11.7. The number of amides is 1. The molecule has 1 aliphatic carbocycles. The summed E-state index contributed by atoms with van der Waals surface area (Å²) >= 11 is 0. The van der Waals surface area contributed by atoms with E-state index in [9.17, 15) is 18.0 Å². The Labute approximate surface area is 98.7 Å². The Balaban J connectivity index is 1.96. The molecule has 3 nitrogen and oxygen atoms in total. The zero-order chi connectivity index (χ0) is 12.7. The van der Waals surface area contributed by atoms with Crippen LogP contribution in [0.25, 0.3) is 0 Å². The van der Waals surface area contributed by atoms with Crippen molar-refractivity contribution in [3.63, 3.8) is 0 Å². The maximum Gasteiger partial charge on any atom is 0.411 e. The lowest BCUT2D eigenvalue weighted by molar-refractivity contribution is -0.173. The van der Waals surface area contributed by atoms with Crippen LogP contribution in [0, 0.1) is 5.92 Å². The van der Waals surface area contributed by atoms with E-state index in [2.05, 4.69) is 10.1 Å². The molecule has 6 heteroatoms. The van der Waals surface area contributed by atoms with Crippen molar-refractivity contribution in [2.75, 3.05) is 19.8 Å². The second-order valence-corrected chi connectivity index (χ2v) is 4.37. The van der Waals surface area contributed by atoms with Crippen LogP contribution in [0.5, 0.6) is 0 Å². The van der Waals surface area contributed by atoms with Crippen LogP contribution < -0.4 is 5.32 Å². The third kappa shape index (κ3) is 7.20. The van der Waals surface area contributed by atoms with Crippen LogP contribution in [-0.2, 0) is 9.53 Å². The number of nitrogens with one attached hydrogen (secondary N) is 1. The van der Waals surface area contributed by atoms with Crippen molar-refractivity contribution in [3.05, 3.63) is 0 Å². The number of carbonyl (C=O) groups excluding carboxylic acids is 1. The van der Waals surface area contributed by atoms with E-state index < -0.39 is 12.8 Å². The van der Waals surface area contributed by atoms with E-state index in [4.69, 9.17) is 0 Å². The lowest BCUT2D eigenvalue weighted by atomic mass is 10.0. The Hall–Kier alpha value is -0.780. The fourth-order valence-corrected chi connectivity index (χ4v) is 2.00. The SMILES string of the molecule is O=C(CC1CCCC1)NCCOCC(F)(F)F. The fourth-order valence-electron chi connectivity index (χ4n) is 2.00. The van der Waals surface area contributed by atoms with Gasteiger partial charge in [0.15, 0.2) is 0 Å². The van der Waals surface area contributed by atoms with Crippen LogP contribution in [0.15, 0.2) is 0 Å². The summed E-state index contributed by atoms with van der Waals surface area (Å²) in [5.74, 6) is 0.360. The highest BCUT2D eigenvalue weighted by Gasteiger charge is 2.27. The van der Waals surface area contributed by atoms with Gasteiger partial charge in [-0.05, 0) is 18.8 Å². The average molecular weight is 253 g/mol. The Morgan fingerprint density at radius 3 is 2.53 bits per heavy atom. The van der Waals surface area contributed by atoms with Gasteiger partial charge in [0.2, 0.25) is 5.91 Å². The fraction of sp³-hybridized carbons (Fsp3) is 0.909. The van der Waals surface area contributed by atoms with Crippen molar-refractivity contribution < 1.29 is 22.7 Å². The smallest absolute Gasteiger partial charge is 0.370 e. The zero-order valence-electron chi connectivity index (χ0n) is 9.68. The van der Waals surface area contributed by atoms with Crippen molar-refractivity contribution >= 4 is 5.91 Å². The lowest BCUT2D eigenvalue weighted by Crippen LogP contribution is -2.29. The average Bonchev–Trinajstić information content (AvgIpc) is 2.68. The Bertz CT molecular complexity index is 237. The highest BCUT2D eigenvalue weighted by molar-refractivity contribution is 5.76. The van der Waals surface area contributed by atoms with Crippen LogP contribution >= 0.6 is 0 Å². The Kier molecular flexibility index (Phi) is 5.74. The van der Waals surface area contributed by atoms with Crippen LogP contribution in [-0.4, -0.2) is 31.8 Å². The summed E-state index contributed by atoms with van der Waals surface area (Å²) in [6, 6.07) is 0. The van der Waals surface area contributed by atoms with Gasteiger partial charge in [-0.25, -0.2) is 0 Å². The van der Waals surface area contributed by atoms with Crippen LogP contribution in [0.4, 0.5) is 13.2 Å². The van der Waals surface area contributed by atoms with Gasteiger partial charge < -0.3 is 10.1 Å². The molecule has 0 unspecified atom stereocenters. The van der Waals surface area contributed by atoms with Gasteiger partial charge in [-0.1, -0.05) is 12.8 Å². The molecule has 0 heterocycles. The summed E-state index contributed by atoms with van der Waals surface area (Å²) < 4.78 is 39.5. The van der Waals surface area contributed by atoms with Crippen molar-refractivity contribution in [1.82, 2.24) is 5.32 Å². The number of ether oxygens (including phenoxy) is 1. The van der Waals surface area contributed by atoms with Gasteiger partial charge >= 0.3 is 6.18 Å². The van der Waals surface area contributed by atoms with E-state index in [0.717, 1.165) is 12.8 Å². The molecule has 1 aliphatic rings. The molecule has 0 radical (unpaired) electrons. The number of hydrogen-bond acceptors (Lipinski definition) is 2. The van der Waals surface area contributed by atoms with Gasteiger partial charge in [0.1, 0.15) is 6.61 Å². The number of hydrogen-bond donors (Lipinski definition) is 1. The molecule has 1 rings (SSSR count). The minimum atomic E-state index is -4.30. The number of halogens is 3. The second kappa shape index (κ2) is 6.83. The van der Waals surface area contributed by atoms with E-state index >= 15 is 0 Å². The summed E-state index contributed by atoms with van der Waals surface area (Å²) in [6.07, 6.45) is 0.697. The Morgan fingerprint density at radius 2 is 1.94 bits per heavy atom. The van der Waals surface area contributed by atoms with Crippen molar-refractivity contribution in [3.8, 4) is 0 Å². The third-order valence-corrected chi connectivity index (χ3v) is 2.78. The molecule has 1 saturated carbocycles. The zero-order valence-corrected chi connectivity index (χ0v) is 9.68. The molecular weight excluding hydrogens is 235 g/mol. The van der Waals surface area contributed by atoms with Gasteiger partial charge in [0.25, 0.3) is 0 Å². The molecule has 0 bridgehead atoms. The number of carbonyl (C=O) groups is 1. The first-order valence-corrected chi connectivity index (χ1v) is 5.88. The number of rotatable bonds is 6. The molecule has 17 heavy (non-hydrogen) atoms. The van der Waals surface area contributed by atoms with Gasteiger partial charge in [-0.2, -0.15) is 13.2 Å². The summed E-state index contributed by atoms with van der Waals surface area (Å²) in [5.41, 5.74) is 0. The van der Waals surface area contributed by atoms with Crippen LogP contribution in [0.3, 0.4) is 0 Å². The van der Waals surface area contributed by atoms with E-state index in [1.165, 1.54) is 12.8 Å². The van der Waals surface area contributed by atoms with Crippen molar-refractivity contribution in [2.45, 2.75) is 38.3 Å². The standard InChI is InChI=1S/C11H18F3NO2/c12-11(13,14)8-17-6-5-15-10(16)7-9-3-1-2-4-9/h9H,1-8H2,(H,15,16). The minimum absolute atomic E-state index is 0.0903. The lowest BCUT2D eigenvalue weighted by Gasteiger charge is -2.10. The van der Waals surface area contributed by atoms with Crippen LogP contribution in [0.2, 0.25) is 0 Å². The van der Waals surface area contributed by atoms with Gasteiger partial charge in [-0.3, -0.25) is 4.79 Å². The summed E-state index contributed by atoms with van der Waals surface area (Å²) in [5, 5.41) is 2.56. The van der Waals surface area contributed by atoms with E-state index in [0.29, 0.717) is 12.3 Å². The van der Waals surface area contributed by atoms with Gasteiger partial charge in [0, 0.05) is 13.0 Å². The van der Waals surface area contributed by atoms with E-state index in [-0.39, 0.29) is 19.1 Å². The molecule has 0 aromatic heterocycles. The molecule has 0 aromatic rings. The normalized spacial score (nSPS) is 17.4. The molecular formula is C11H18F3NO2. The Morgan fingerprint density at radius 1 is 1.29 bits per heavy atom. The predicted molar refractivity (Wildman–Crippen MR) is 56.5 cm³/mol. The first-order chi connectivity index (χ1) is 7.97. The van der Waals surface area contributed by atoms with Gasteiger partial charge in [-0.15, -0.1) is 0 Å². The quantitative estimate of drug-likeness (QED) is 0.737. The summed E-state index contributed by atoms with van der Waals surface area (Å²) in [6.45, 7) is -1.22. The largest absolute Gasteiger partial charge is 0.411 e. The van der Waals surface area contributed by atoms with Crippen LogP contribution in [0.1, 0.15) is 32.1 Å². The monoisotopic (exact) mass is 253 g/mol. The summed E-state index contributed by atoms with van der Waals surface area (Å²) in [4.78, 5) is 11.4. The predicted octanol–water partition coefficient (Wildman–Crippen LogP) is 2.26. The first kappa shape index (κ1) is 14.3. The molecule has 100 valence electrons. The molecule has 1 N–H and O–H groups in total. The highest BCUT2D eigenvalue weighted by atomic mass is 19.4. The molecule has 1 amide bonds. The van der Waals surface area contributed by atoms with Crippen molar-refractivity contribution in [2.24, 2.45) is 5.92 Å². The molecule has 0 aromatic carbocycles. The third-order valence-electron chi connectivity index (χ3n) is 2.78. The van der Waals surface area contributed by atoms with E-state index in [1.807, 2.05) is 0 Å². The summed E-state index contributed by atoms with van der Waals surface area (Å²) in [7, 11) is 0. The number of alkyl halides is 3. The van der Waals surface area contributed by atoms with Gasteiger partial charge in [0.05, 0.1) is 6.61 Å². The van der Waals surface area contributed by atoms with Crippen molar-refractivity contribution in [1.29, 1.82) is 0 Å². The minimum Gasteiger partial charge on any atom is -0.370 e. The first-order valence-electron chi connectivity index (χ1n) is 5.88. The topological polar surface area (TPSA) is 38.3 Å². The van der Waals surface area contributed by atoms with E-state index in [1.54, 1.807) is 0 Å². The maximum absolute atomic E-state index is 11.7. The molecule has 0 saturated heterocycles.